The molecule has 0 aromatic rings. The Morgan fingerprint density at radius 2 is 1.85 bits per heavy atom. The third kappa shape index (κ3) is 11.1. The van der Waals surface area contributed by atoms with E-state index in [1.165, 1.54) is 0 Å². The first-order valence-corrected chi connectivity index (χ1v) is 4.66. The standard InChI is InChI=1S/C12H19N/c1-5-6-7-10-13-11-8-9-12(2,3)4/h13H,7,10-11H2,1-4H3. The third-order valence-corrected chi connectivity index (χ3v) is 1.28. The number of nitrogens with one attached hydrogen (secondary N) is 1. The maximum Gasteiger partial charge on any atom is 0.0577 e. The van der Waals surface area contributed by atoms with Gasteiger partial charge in [-0.1, -0.05) is 11.8 Å². The highest BCUT2D eigenvalue weighted by atomic mass is 14.8. The van der Waals surface area contributed by atoms with E-state index in [-0.39, 0.29) is 5.41 Å². The van der Waals surface area contributed by atoms with E-state index in [1.54, 1.807) is 0 Å². The molecule has 1 N–H and O–H groups in total. The Bertz CT molecular complexity index is 236. The van der Waals surface area contributed by atoms with Crippen molar-refractivity contribution in [3.8, 4) is 23.7 Å². The van der Waals surface area contributed by atoms with E-state index in [0.717, 1.165) is 19.5 Å². The quantitative estimate of drug-likeness (QED) is 0.514. The van der Waals surface area contributed by atoms with Crippen LogP contribution in [0.15, 0.2) is 0 Å². The summed E-state index contributed by atoms with van der Waals surface area (Å²) in [4.78, 5) is 0. The van der Waals surface area contributed by atoms with Crippen LogP contribution in [0.1, 0.15) is 34.1 Å². The maximum absolute atomic E-state index is 3.22. The van der Waals surface area contributed by atoms with E-state index in [0.29, 0.717) is 0 Å². The van der Waals surface area contributed by atoms with Crippen LogP contribution >= 0.6 is 0 Å². The van der Waals surface area contributed by atoms with Gasteiger partial charge in [-0.3, -0.25) is 0 Å². The minimum Gasteiger partial charge on any atom is -0.305 e. The van der Waals surface area contributed by atoms with Gasteiger partial charge in [-0.2, -0.15) is 0 Å². The first-order valence-electron chi connectivity index (χ1n) is 4.66. The van der Waals surface area contributed by atoms with Gasteiger partial charge in [-0.25, -0.2) is 0 Å². The summed E-state index contributed by atoms with van der Waals surface area (Å²) in [5, 5.41) is 3.22. The van der Waals surface area contributed by atoms with E-state index >= 15 is 0 Å². The molecule has 0 bridgehead atoms. The maximum atomic E-state index is 3.22. The van der Waals surface area contributed by atoms with Crippen molar-refractivity contribution >= 4 is 0 Å². The second-order valence-electron chi connectivity index (χ2n) is 3.91. The van der Waals surface area contributed by atoms with Gasteiger partial charge in [-0.05, 0) is 27.7 Å². The van der Waals surface area contributed by atoms with E-state index < -0.39 is 0 Å². The molecule has 1 nitrogen and oxygen atoms in total. The van der Waals surface area contributed by atoms with Crippen LogP contribution < -0.4 is 5.32 Å². The van der Waals surface area contributed by atoms with Crippen molar-refractivity contribution in [2.24, 2.45) is 5.41 Å². The summed E-state index contributed by atoms with van der Waals surface area (Å²) in [7, 11) is 0. The van der Waals surface area contributed by atoms with Gasteiger partial charge in [0.15, 0.2) is 0 Å². The topological polar surface area (TPSA) is 12.0 Å². The van der Waals surface area contributed by atoms with E-state index in [4.69, 9.17) is 0 Å². The van der Waals surface area contributed by atoms with Crippen molar-refractivity contribution in [1.29, 1.82) is 0 Å². The molecule has 0 spiro atoms. The molecule has 0 heterocycles. The van der Waals surface area contributed by atoms with Crippen LogP contribution in [0.3, 0.4) is 0 Å². The number of rotatable bonds is 3. The van der Waals surface area contributed by atoms with Gasteiger partial charge in [-0.15, -0.1) is 11.8 Å². The molecule has 0 amide bonds. The fourth-order valence-corrected chi connectivity index (χ4v) is 0.736. The van der Waals surface area contributed by atoms with Crippen LogP contribution in [-0.4, -0.2) is 13.1 Å². The molecule has 0 atom stereocenters. The highest BCUT2D eigenvalue weighted by molar-refractivity contribution is 5.08. The molecule has 1 heteroatoms. The fraction of sp³-hybridized carbons (Fsp3) is 0.667. The molecular formula is C12H19N. The summed E-state index contributed by atoms with van der Waals surface area (Å²) < 4.78 is 0. The van der Waals surface area contributed by atoms with Crippen LogP contribution in [-0.2, 0) is 0 Å². The zero-order valence-electron chi connectivity index (χ0n) is 9.12. The van der Waals surface area contributed by atoms with Gasteiger partial charge in [0.1, 0.15) is 0 Å². The molecule has 0 fully saturated rings. The van der Waals surface area contributed by atoms with Crippen molar-refractivity contribution in [1.82, 2.24) is 5.32 Å². The fourth-order valence-electron chi connectivity index (χ4n) is 0.736. The van der Waals surface area contributed by atoms with Gasteiger partial charge >= 0.3 is 0 Å². The van der Waals surface area contributed by atoms with Crippen LogP contribution in [0.5, 0.6) is 0 Å². The van der Waals surface area contributed by atoms with Crippen molar-refractivity contribution < 1.29 is 0 Å². The molecule has 13 heavy (non-hydrogen) atoms. The predicted molar refractivity (Wildman–Crippen MR) is 58.2 cm³/mol. The minimum atomic E-state index is 0.116. The molecule has 0 radical (unpaired) electrons. The average molecular weight is 177 g/mol. The molecule has 0 aromatic carbocycles. The zero-order chi connectivity index (χ0) is 10.2. The molecule has 0 rings (SSSR count). The minimum absolute atomic E-state index is 0.116. The lowest BCUT2D eigenvalue weighted by Crippen LogP contribution is -2.15. The van der Waals surface area contributed by atoms with Crippen LogP contribution in [0.2, 0.25) is 0 Å². The summed E-state index contributed by atoms with van der Waals surface area (Å²) in [6.07, 6.45) is 0.910. The van der Waals surface area contributed by atoms with E-state index in [1.807, 2.05) is 6.92 Å². The summed E-state index contributed by atoms with van der Waals surface area (Å²) in [6.45, 7) is 9.90. The third-order valence-electron chi connectivity index (χ3n) is 1.28. The van der Waals surface area contributed by atoms with Crippen LogP contribution in [0.25, 0.3) is 0 Å². The number of hydrogen-bond acceptors (Lipinski definition) is 1. The normalized spacial score (nSPS) is 9.54. The van der Waals surface area contributed by atoms with E-state index in [2.05, 4.69) is 49.8 Å². The molecular weight excluding hydrogens is 158 g/mol. The zero-order valence-corrected chi connectivity index (χ0v) is 9.12. The largest absolute Gasteiger partial charge is 0.305 e. The lowest BCUT2D eigenvalue weighted by Gasteiger charge is -2.06. The smallest absolute Gasteiger partial charge is 0.0577 e. The highest BCUT2D eigenvalue weighted by Crippen LogP contribution is 2.09. The molecule has 0 saturated carbocycles. The average Bonchev–Trinajstić information content (AvgIpc) is 2.01. The molecule has 0 aromatic heterocycles. The van der Waals surface area contributed by atoms with Gasteiger partial charge in [0, 0.05) is 18.4 Å². The summed E-state index contributed by atoms with van der Waals surface area (Å²) in [6, 6.07) is 0. The second-order valence-corrected chi connectivity index (χ2v) is 3.91. The van der Waals surface area contributed by atoms with Gasteiger partial charge in [0.2, 0.25) is 0 Å². The summed E-state index contributed by atoms with van der Waals surface area (Å²) in [5.74, 6) is 12.1. The van der Waals surface area contributed by atoms with Crippen LogP contribution in [0.4, 0.5) is 0 Å². The molecule has 0 aliphatic carbocycles. The Balaban J connectivity index is 3.42. The molecule has 0 aliphatic heterocycles. The predicted octanol–water partition coefficient (Wildman–Crippen LogP) is 2.04. The molecule has 0 unspecified atom stereocenters. The van der Waals surface area contributed by atoms with Gasteiger partial charge in [0.25, 0.3) is 0 Å². The van der Waals surface area contributed by atoms with Crippen LogP contribution in [0, 0.1) is 29.1 Å². The Morgan fingerprint density at radius 1 is 1.15 bits per heavy atom. The lowest BCUT2D eigenvalue weighted by atomic mass is 9.98. The summed E-state index contributed by atoms with van der Waals surface area (Å²) >= 11 is 0. The van der Waals surface area contributed by atoms with Crippen molar-refractivity contribution in [2.45, 2.75) is 34.1 Å². The molecule has 72 valence electrons. The molecule has 0 aliphatic rings. The Labute approximate surface area is 82.3 Å². The molecule has 0 saturated heterocycles. The van der Waals surface area contributed by atoms with Crippen molar-refractivity contribution in [3.05, 3.63) is 0 Å². The van der Waals surface area contributed by atoms with Crippen molar-refractivity contribution in [3.63, 3.8) is 0 Å². The van der Waals surface area contributed by atoms with Crippen molar-refractivity contribution in [2.75, 3.05) is 13.1 Å². The monoisotopic (exact) mass is 177 g/mol. The van der Waals surface area contributed by atoms with Gasteiger partial charge in [0.05, 0.1) is 6.54 Å². The Hall–Kier alpha value is -0.920. The Kier molecular flexibility index (Phi) is 6.11. The first kappa shape index (κ1) is 12.1. The van der Waals surface area contributed by atoms with E-state index in [9.17, 15) is 0 Å². The Morgan fingerprint density at radius 3 is 2.38 bits per heavy atom. The van der Waals surface area contributed by atoms with Gasteiger partial charge < -0.3 is 5.32 Å². The summed E-state index contributed by atoms with van der Waals surface area (Å²) in [5.41, 5.74) is 0.116. The lowest BCUT2D eigenvalue weighted by molar-refractivity contribution is 0.570. The first-order chi connectivity index (χ1) is 6.06. The highest BCUT2D eigenvalue weighted by Gasteiger charge is 2.02. The second kappa shape index (κ2) is 6.58. The number of hydrogen-bond donors (Lipinski definition) is 1. The SMILES string of the molecule is CC#CCCNCC#CC(C)(C)C.